The highest BCUT2D eigenvalue weighted by Gasteiger charge is 2.28. The molecule has 0 bridgehead atoms. The third-order valence-corrected chi connectivity index (χ3v) is 4.01. The molecule has 1 aliphatic heterocycles. The number of para-hydroxylation sites is 1. The normalized spacial score (nSPS) is 15.0. The van der Waals surface area contributed by atoms with Crippen LogP contribution in [0.4, 0.5) is 5.69 Å². The number of halogens is 1. The van der Waals surface area contributed by atoms with Gasteiger partial charge in [-0.2, -0.15) is 0 Å². The van der Waals surface area contributed by atoms with Gasteiger partial charge in [-0.15, -0.1) is 12.4 Å². The first-order valence-electron chi connectivity index (χ1n) is 7.57. The van der Waals surface area contributed by atoms with Gasteiger partial charge in [0.05, 0.1) is 0 Å². The van der Waals surface area contributed by atoms with Crippen molar-refractivity contribution < 1.29 is 9.53 Å². The van der Waals surface area contributed by atoms with Crippen LogP contribution in [0, 0.1) is 11.8 Å². The minimum absolute atomic E-state index is 0. The third-order valence-electron chi connectivity index (χ3n) is 4.01. The van der Waals surface area contributed by atoms with Crippen LogP contribution in [0.25, 0.3) is 0 Å². The van der Waals surface area contributed by atoms with Crippen LogP contribution in [0.2, 0.25) is 0 Å². The van der Waals surface area contributed by atoms with Crippen molar-refractivity contribution in [3.05, 3.63) is 54.6 Å². The van der Waals surface area contributed by atoms with E-state index < -0.39 is 0 Å². The summed E-state index contributed by atoms with van der Waals surface area (Å²) < 4.78 is 5.78. The Bertz CT molecular complexity index is 644. The standard InChI is InChI=1S/C18H20N2O2.ClH/c1-13(14-11-19-12-14)18(21)20-15-6-5-9-17(10-15)22-16-7-3-2-4-8-16;/h2-10,13-14,19H,11-12H2,1H3,(H,20,21);1H. The molecule has 0 radical (unpaired) electrons. The molecule has 1 heterocycles. The maximum atomic E-state index is 12.2. The Hall–Kier alpha value is -2.04. The van der Waals surface area contributed by atoms with E-state index >= 15 is 0 Å². The van der Waals surface area contributed by atoms with Crippen molar-refractivity contribution in [1.29, 1.82) is 0 Å². The first-order valence-corrected chi connectivity index (χ1v) is 7.57. The number of hydrogen-bond donors (Lipinski definition) is 2. The quantitative estimate of drug-likeness (QED) is 0.878. The molecule has 0 saturated carbocycles. The zero-order chi connectivity index (χ0) is 15.4. The highest BCUT2D eigenvalue weighted by molar-refractivity contribution is 5.92. The van der Waals surface area contributed by atoms with Gasteiger partial charge in [0, 0.05) is 17.7 Å². The second-order valence-electron chi connectivity index (χ2n) is 5.64. The van der Waals surface area contributed by atoms with Gasteiger partial charge in [-0.3, -0.25) is 4.79 Å². The number of anilines is 1. The van der Waals surface area contributed by atoms with Gasteiger partial charge in [0.15, 0.2) is 0 Å². The monoisotopic (exact) mass is 332 g/mol. The molecule has 5 heteroatoms. The summed E-state index contributed by atoms with van der Waals surface area (Å²) in [7, 11) is 0. The first kappa shape index (κ1) is 17.3. The fourth-order valence-electron chi connectivity index (χ4n) is 2.40. The molecule has 1 saturated heterocycles. The average molecular weight is 333 g/mol. The van der Waals surface area contributed by atoms with E-state index in [0.717, 1.165) is 24.5 Å². The maximum Gasteiger partial charge on any atom is 0.227 e. The molecule has 2 aromatic rings. The van der Waals surface area contributed by atoms with Crippen LogP contribution in [0.3, 0.4) is 0 Å². The number of benzene rings is 2. The van der Waals surface area contributed by atoms with E-state index in [1.165, 1.54) is 0 Å². The summed E-state index contributed by atoms with van der Waals surface area (Å²) in [6.45, 7) is 3.82. The van der Waals surface area contributed by atoms with Crippen molar-refractivity contribution in [1.82, 2.24) is 5.32 Å². The number of hydrogen-bond acceptors (Lipinski definition) is 3. The van der Waals surface area contributed by atoms with Gasteiger partial charge in [-0.25, -0.2) is 0 Å². The smallest absolute Gasteiger partial charge is 0.227 e. The Morgan fingerprint density at radius 2 is 1.83 bits per heavy atom. The van der Waals surface area contributed by atoms with Crippen molar-refractivity contribution >= 4 is 24.0 Å². The molecule has 2 aromatic carbocycles. The summed E-state index contributed by atoms with van der Waals surface area (Å²) >= 11 is 0. The van der Waals surface area contributed by atoms with E-state index in [4.69, 9.17) is 4.74 Å². The van der Waals surface area contributed by atoms with Crippen LogP contribution in [-0.4, -0.2) is 19.0 Å². The SMILES string of the molecule is CC(C(=O)Nc1cccc(Oc2ccccc2)c1)C1CNC1.Cl. The zero-order valence-electron chi connectivity index (χ0n) is 13.0. The van der Waals surface area contributed by atoms with Crippen LogP contribution in [-0.2, 0) is 4.79 Å². The summed E-state index contributed by atoms with van der Waals surface area (Å²) in [6.07, 6.45) is 0. The fourth-order valence-corrected chi connectivity index (χ4v) is 2.40. The Morgan fingerprint density at radius 1 is 1.13 bits per heavy atom. The molecule has 3 rings (SSSR count). The average Bonchev–Trinajstić information content (AvgIpc) is 2.47. The van der Waals surface area contributed by atoms with Crippen molar-refractivity contribution in [3.63, 3.8) is 0 Å². The lowest BCUT2D eigenvalue weighted by atomic mass is 9.88. The van der Waals surface area contributed by atoms with Gasteiger partial charge in [0.1, 0.15) is 11.5 Å². The summed E-state index contributed by atoms with van der Waals surface area (Å²) in [6, 6.07) is 17.1. The number of amides is 1. The molecule has 0 spiro atoms. The fraction of sp³-hybridized carbons (Fsp3) is 0.278. The molecule has 0 aliphatic carbocycles. The summed E-state index contributed by atoms with van der Waals surface area (Å²) in [5.41, 5.74) is 0.762. The van der Waals surface area contributed by atoms with Crippen molar-refractivity contribution in [3.8, 4) is 11.5 Å². The molecule has 2 N–H and O–H groups in total. The van der Waals surface area contributed by atoms with Crippen LogP contribution in [0.5, 0.6) is 11.5 Å². The number of carbonyl (C=O) groups is 1. The molecule has 1 fully saturated rings. The van der Waals surface area contributed by atoms with Gasteiger partial charge < -0.3 is 15.4 Å². The van der Waals surface area contributed by atoms with E-state index in [9.17, 15) is 4.79 Å². The Morgan fingerprint density at radius 3 is 2.48 bits per heavy atom. The van der Waals surface area contributed by atoms with Crippen LogP contribution in [0.15, 0.2) is 54.6 Å². The van der Waals surface area contributed by atoms with Gasteiger partial charge in [-0.05, 0) is 43.3 Å². The van der Waals surface area contributed by atoms with Crippen LogP contribution >= 0.6 is 12.4 Å². The van der Waals surface area contributed by atoms with Crippen molar-refractivity contribution in [2.75, 3.05) is 18.4 Å². The summed E-state index contributed by atoms with van der Waals surface area (Å²) in [5.74, 6) is 1.99. The molecule has 4 nitrogen and oxygen atoms in total. The molecule has 122 valence electrons. The number of nitrogens with one attached hydrogen (secondary N) is 2. The zero-order valence-corrected chi connectivity index (χ0v) is 13.8. The first-order chi connectivity index (χ1) is 10.7. The number of rotatable bonds is 5. The number of carbonyl (C=O) groups excluding carboxylic acids is 1. The second-order valence-corrected chi connectivity index (χ2v) is 5.64. The summed E-state index contributed by atoms with van der Waals surface area (Å²) in [5, 5.41) is 6.17. The third kappa shape index (κ3) is 4.47. The van der Waals surface area contributed by atoms with Crippen molar-refractivity contribution in [2.24, 2.45) is 11.8 Å². The van der Waals surface area contributed by atoms with Crippen molar-refractivity contribution in [2.45, 2.75) is 6.92 Å². The molecular weight excluding hydrogens is 312 g/mol. The lowest BCUT2D eigenvalue weighted by molar-refractivity contribution is -0.121. The van der Waals surface area contributed by atoms with E-state index in [1.54, 1.807) is 0 Å². The highest BCUT2D eigenvalue weighted by atomic mass is 35.5. The molecule has 1 atom stereocenters. The van der Waals surface area contributed by atoms with Gasteiger partial charge in [0.25, 0.3) is 0 Å². The maximum absolute atomic E-state index is 12.2. The molecular formula is C18H21ClN2O2. The predicted octanol–water partition coefficient (Wildman–Crippen LogP) is 3.69. The van der Waals surface area contributed by atoms with Crippen LogP contribution < -0.4 is 15.4 Å². The minimum atomic E-state index is 0. The lowest BCUT2D eigenvalue weighted by Gasteiger charge is -2.31. The Labute approximate surface area is 142 Å². The highest BCUT2D eigenvalue weighted by Crippen LogP contribution is 2.25. The van der Waals surface area contributed by atoms with E-state index in [1.807, 2.05) is 61.5 Å². The molecule has 23 heavy (non-hydrogen) atoms. The van der Waals surface area contributed by atoms with E-state index in [0.29, 0.717) is 11.7 Å². The summed E-state index contributed by atoms with van der Waals surface area (Å²) in [4.78, 5) is 12.2. The largest absolute Gasteiger partial charge is 0.457 e. The lowest BCUT2D eigenvalue weighted by Crippen LogP contribution is -2.48. The minimum Gasteiger partial charge on any atom is -0.457 e. The second kappa shape index (κ2) is 7.99. The Balaban J connectivity index is 0.00000192. The number of ether oxygens (including phenoxy) is 1. The Kier molecular flexibility index (Phi) is 6.02. The molecule has 1 aliphatic rings. The molecule has 1 unspecified atom stereocenters. The van der Waals surface area contributed by atoms with Gasteiger partial charge >= 0.3 is 0 Å². The predicted molar refractivity (Wildman–Crippen MR) is 94.4 cm³/mol. The topological polar surface area (TPSA) is 50.4 Å². The molecule has 1 amide bonds. The van der Waals surface area contributed by atoms with Gasteiger partial charge in [-0.1, -0.05) is 31.2 Å². The van der Waals surface area contributed by atoms with E-state index in [2.05, 4.69) is 10.6 Å². The van der Waals surface area contributed by atoms with Crippen LogP contribution in [0.1, 0.15) is 6.92 Å². The molecule has 0 aromatic heterocycles. The van der Waals surface area contributed by atoms with E-state index in [-0.39, 0.29) is 24.2 Å². The van der Waals surface area contributed by atoms with Gasteiger partial charge in [0.2, 0.25) is 5.91 Å².